The Morgan fingerprint density at radius 2 is 2.40 bits per heavy atom. The van der Waals surface area contributed by atoms with E-state index in [0.717, 1.165) is 0 Å². The zero-order valence-corrected chi connectivity index (χ0v) is 9.36. The molecule has 1 N–H and O–H groups in total. The smallest absolute Gasteiger partial charge is 0.407 e. The molecular formula is C9H9BrN2O3. The molecule has 1 aliphatic heterocycles. The molecule has 2 rings (SSSR count). The van der Waals surface area contributed by atoms with Crippen LogP contribution in [0.5, 0.6) is 0 Å². The number of nitrogens with one attached hydrogen (secondary N) is 1. The second kappa shape index (κ2) is 4.06. The second-order valence-corrected chi connectivity index (χ2v) is 4.08. The van der Waals surface area contributed by atoms with Crippen molar-refractivity contribution in [2.24, 2.45) is 0 Å². The van der Waals surface area contributed by atoms with E-state index in [1.165, 1.54) is 4.57 Å². The Morgan fingerprint density at radius 1 is 1.60 bits per heavy atom. The van der Waals surface area contributed by atoms with Crippen molar-refractivity contribution >= 4 is 22.0 Å². The number of carbonyl (C=O) groups is 1. The molecule has 0 bridgehead atoms. The molecule has 1 aromatic rings. The largest absolute Gasteiger partial charge is 0.442 e. The van der Waals surface area contributed by atoms with Crippen molar-refractivity contribution in [3.05, 3.63) is 33.2 Å². The quantitative estimate of drug-likeness (QED) is 0.863. The van der Waals surface area contributed by atoms with Crippen molar-refractivity contribution in [2.75, 3.05) is 6.54 Å². The Balaban J connectivity index is 2.14. The number of aromatic nitrogens is 1. The summed E-state index contributed by atoms with van der Waals surface area (Å²) in [7, 11) is 0. The fourth-order valence-corrected chi connectivity index (χ4v) is 1.78. The number of cyclic esters (lactones) is 1. The van der Waals surface area contributed by atoms with Crippen LogP contribution in [0.3, 0.4) is 0 Å². The van der Waals surface area contributed by atoms with Crippen molar-refractivity contribution in [1.29, 1.82) is 0 Å². The summed E-state index contributed by atoms with van der Waals surface area (Å²) in [6.45, 7) is 0.814. The van der Waals surface area contributed by atoms with Gasteiger partial charge in [0.15, 0.2) is 0 Å². The minimum atomic E-state index is -0.428. The Kier molecular flexibility index (Phi) is 2.77. The molecule has 80 valence electrons. The van der Waals surface area contributed by atoms with Crippen molar-refractivity contribution < 1.29 is 9.53 Å². The number of nitrogens with zero attached hydrogens (tertiary/aromatic N) is 1. The van der Waals surface area contributed by atoms with Gasteiger partial charge in [0, 0.05) is 6.20 Å². The van der Waals surface area contributed by atoms with E-state index in [9.17, 15) is 9.59 Å². The summed E-state index contributed by atoms with van der Waals surface area (Å²) in [6, 6.07) is 3.44. The third-order valence-corrected chi connectivity index (χ3v) is 2.73. The fourth-order valence-electron chi connectivity index (χ4n) is 1.40. The third-order valence-electron chi connectivity index (χ3n) is 2.12. The van der Waals surface area contributed by atoms with Crippen molar-refractivity contribution in [3.8, 4) is 0 Å². The van der Waals surface area contributed by atoms with E-state index in [1.54, 1.807) is 18.3 Å². The fraction of sp³-hybridized carbons (Fsp3) is 0.333. The van der Waals surface area contributed by atoms with Gasteiger partial charge in [-0.05, 0) is 28.1 Å². The molecule has 5 nitrogen and oxygen atoms in total. The van der Waals surface area contributed by atoms with Crippen molar-refractivity contribution in [3.63, 3.8) is 0 Å². The first-order chi connectivity index (χ1) is 7.16. The van der Waals surface area contributed by atoms with Crippen LogP contribution in [0.1, 0.15) is 0 Å². The number of amides is 1. The topological polar surface area (TPSA) is 60.3 Å². The van der Waals surface area contributed by atoms with Gasteiger partial charge in [-0.1, -0.05) is 0 Å². The lowest BCUT2D eigenvalue weighted by molar-refractivity contribution is 0.130. The van der Waals surface area contributed by atoms with Crippen LogP contribution in [0.4, 0.5) is 4.79 Å². The summed E-state index contributed by atoms with van der Waals surface area (Å²) >= 11 is 3.15. The molecule has 0 spiro atoms. The zero-order chi connectivity index (χ0) is 10.8. The number of alkyl carbamates (subject to hydrolysis) is 1. The number of pyridine rings is 1. The third kappa shape index (κ3) is 2.20. The van der Waals surface area contributed by atoms with Crippen LogP contribution in [-0.2, 0) is 11.3 Å². The maximum atomic E-state index is 11.6. The summed E-state index contributed by atoms with van der Waals surface area (Å²) in [6.07, 6.45) is 0.965. The number of halogens is 1. The summed E-state index contributed by atoms with van der Waals surface area (Å²) in [5.74, 6) is 0. The molecule has 1 saturated heterocycles. The number of ether oxygens (including phenoxy) is 1. The van der Waals surface area contributed by atoms with Gasteiger partial charge in [0.25, 0.3) is 5.56 Å². The monoisotopic (exact) mass is 272 g/mol. The summed E-state index contributed by atoms with van der Waals surface area (Å²) in [5, 5.41) is 2.54. The van der Waals surface area contributed by atoms with Gasteiger partial charge in [-0.3, -0.25) is 4.79 Å². The average molecular weight is 273 g/mol. The van der Waals surface area contributed by atoms with Crippen LogP contribution in [0, 0.1) is 0 Å². The average Bonchev–Trinajstić information content (AvgIpc) is 2.59. The Hall–Kier alpha value is -1.30. The predicted octanol–water partition coefficient (Wildman–Crippen LogP) is 0.719. The Labute approximate surface area is 94.2 Å². The highest BCUT2D eigenvalue weighted by molar-refractivity contribution is 9.10. The zero-order valence-electron chi connectivity index (χ0n) is 7.77. The van der Waals surface area contributed by atoms with Crippen LogP contribution >= 0.6 is 15.9 Å². The van der Waals surface area contributed by atoms with E-state index in [-0.39, 0.29) is 11.7 Å². The summed E-state index contributed by atoms with van der Waals surface area (Å²) < 4.78 is 6.95. The highest BCUT2D eigenvalue weighted by Crippen LogP contribution is 2.05. The number of hydrogen-bond acceptors (Lipinski definition) is 3. The molecule has 0 saturated carbocycles. The van der Waals surface area contributed by atoms with Crippen LogP contribution in [0.2, 0.25) is 0 Å². The van der Waals surface area contributed by atoms with Gasteiger partial charge < -0.3 is 14.6 Å². The summed E-state index contributed by atoms with van der Waals surface area (Å²) in [5.41, 5.74) is -0.125. The van der Waals surface area contributed by atoms with Crippen molar-refractivity contribution in [1.82, 2.24) is 9.88 Å². The van der Waals surface area contributed by atoms with Gasteiger partial charge in [-0.25, -0.2) is 4.79 Å². The highest BCUT2D eigenvalue weighted by Gasteiger charge is 2.22. The van der Waals surface area contributed by atoms with E-state index in [4.69, 9.17) is 4.74 Å². The van der Waals surface area contributed by atoms with Gasteiger partial charge in [-0.15, -0.1) is 0 Å². The van der Waals surface area contributed by atoms with Crippen LogP contribution in [-0.4, -0.2) is 23.3 Å². The minimum Gasteiger partial charge on any atom is -0.442 e. The van der Waals surface area contributed by atoms with Gasteiger partial charge in [0.1, 0.15) is 6.10 Å². The molecule has 2 heterocycles. The molecule has 1 aliphatic rings. The molecule has 1 aromatic heterocycles. The summed E-state index contributed by atoms with van der Waals surface area (Å²) in [4.78, 5) is 22.4. The van der Waals surface area contributed by atoms with Gasteiger partial charge in [-0.2, -0.15) is 0 Å². The van der Waals surface area contributed by atoms with Crippen LogP contribution in [0.15, 0.2) is 27.6 Å². The molecule has 1 fully saturated rings. The first-order valence-electron chi connectivity index (χ1n) is 4.46. The van der Waals surface area contributed by atoms with E-state index >= 15 is 0 Å². The Bertz CT molecular complexity index is 443. The number of hydrogen-bond donors (Lipinski definition) is 1. The Morgan fingerprint density at radius 3 is 3.07 bits per heavy atom. The lowest BCUT2D eigenvalue weighted by Crippen LogP contribution is -2.28. The number of carbonyl (C=O) groups excluding carboxylic acids is 1. The standard InChI is InChI=1S/C9H9BrN2O3/c10-7-2-1-3-12(8(7)13)5-6-4-11-9(14)15-6/h1-3,6H,4-5H2,(H,11,14). The predicted molar refractivity (Wildman–Crippen MR) is 56.7 cm³/mol. The van der Waals surface area contributed by atoms with Gasteiger partial charge in [0.2, 0.25) is 0 Å². The van der Waals surface area contributed by atoms with Gasteiger partial charge in [0.05, 0.1) is 17.6 Å². The molecule has 0 aliphatic carbocycles. The van der Waals surface area contributed by atoms with Gasteiger partial charge >= 0.3 is 6.09 Å². The maximum Gasteiger partial charge on any atom is 0.407 e. The molecule has 6 heteroatoms. The highest BCUT2D eigenvalue weighted by atomic mass is 79.9. The molecule has 0 radical (unpaired) electrons. The number of rotatable bonds is 2. The van der Waals surface area contributed by atoms with E-state index in [2.05, 4.69) is 21.2 Å². The molecule has 1 unspecified atom stereocenters. The first-order valence-corrected chi connectivity index (χ1v) is 5.25. The van der Waals surface area contributed by atoms with Crippen LogP contribution in [0.25, 0.3) is 0 Å². The van der Waals surface area contributed by atoms with Crippen molar-refractivity contribution in [2.45, 2.75) is 12.6 Å². The normalized spacial score (nSPS) is 19.8. The van der Waals surface area contributed by atoms with E-state index in [1.807, 2.05) is 0 Å². The molecule has 0 aromatic carbocycles. The van der Waals surface area contributed by atoms with Crippen LogP contribution < -0.4 is 10.9 Å². The molecule has 15 heavy (non-hydrogen) atoms. The lowest BCUT2D eigenvalue weighted by Gasteiger charge is -2.10. The first kappa shape index (κ1) is 10.2. The SMILES string of the molecule is O=C1NCC(Cn2cccc(Br)c2=O)O1. The lowest BCUT2D eigenvalue weighted by atomic mass is 10.3. The minimum absolute atomic E-state index is 0.125. The maximum absolute atomic E-state index is 11.6. The molecular weight excluding hydrogens is 264 g/mol. The van der Waals surface area contributed by atoms with E-state index < -0.39 is 6.09 Å². The molecule has 1 atom stereocenters. The van der Waals surface area contributed by atoms with E-state index in [0.29, 0.717) is 17.6 Å². The molecule has 1 amide bonds. The second-order valence-electron chi connectivity index (χ2n) is 3.22.